The number of halogens is 1. The lowest BCUT2D eigenvalue weighted by molar-refractivity contribution is 0.145. The molecule has 1 fully saturated rings. The highest BCUT2D eigenvalue weighted by Gasteiger charge is 2.24. The Labute approximate surface area is 56.5 Å². The zero-order valence-electron chi connectivity index (χ0n) is 6.23. The Morgan fingerprint density at radius 3 is 2.33 bits per heavy atom. The van der Waals surface area contributed by atoms with Gasteiger partial charge in [-0.2, -0.15) is 0 Å². The molecule has 1 aliphatic carbocycles. The van der Waals surface area contributed by atoms with E-state index in [0.29, 0.717) is 11.8 Å². The first-order valence-corrected chi connectivity index (χ1v) is 3.84. The third kappa shape index (κ3) is 1.67. The van der Waals surface area contributed by atoms with Crippen molar-refractivity contribution in [3.05, 3.63) is 0 Å². The summed E-state index contributed by atoms with van der Waals surface area (Å²) >= 11 is 0. The molecule has 0 saturated heterocycles. The summed E-state index contributed by atoms with van der Waals surface area (Å²) in [6.07, 6.45) is 2.58. The van der Waals surface area contributed by atoms with E-state index >= 15 is 0 Å². The van der Waals surface area contributed by atoms with Gasteiger partial charge >= 0.3 is 0 Å². The van der Waals surface area contributed by atoms with Gasteiger partial charge in [-0.05, 0) is 24.7 Å². The molecular formula is C8H15F. The molecule has 1 heteroatoms. The molecule has 0 aromatic heterocycles. The fraction of sp³-hybridized carbons (Fsp3) is 1.00. The highest BCUT2D eigenvalue weighted by molar-refractivity contribution is 4.74. The van der Waals surface area contributed by atoms with Crippen molar-refractivity contribution >= 4 is 0 Å². The first-order valence-electron chi connectivity index (χ1n) is 3.84. The SMILES string of the molecule is CC1CCC(C)[C@H](F)C1. The average molecular weight is 130 g/mol. The standard InChI is InChI=1S/C8H15F/c1-6-3-4-7(2)8(9)5-6/h6-8H,3-5H2,1-2H3/t6?,7?,8-/m1/s1. The summed E-state index contributed by atoms with van der Waals surface area (Å²) in [5, 5.41) is 0. The molecule has 0 amide bonds. The van der Waals surface area contributed by atoms with E-state index in [4.69, 9.17) is 0 Å². The van der Waals surface area contributed by atoms with Crippen molar-refractivity contribution in [3.63, 3.8) is 0 Å². The minimum atomic E-state index is -0.520. The Hall–Kier alpha value is -0.0700. The quantitative estimate of drug-likeness (QED) is 0.473. The number of hydrogen-bond acceptors (Lipinski definition) is 0. The van der Waals surface area contributed by atoms with Crippen LogP contribution in [0.15, 0.2) is 0 Å². The van der Waals surface area contributed by atoms with E-state index in [0.717, 1.165) is 12.8 Å². The zero-order valence-corrected chi connectivity index (χ0v) is 6.23. The summed E-state index contributed by atoms with van der Waals surface area (Å²) in [5.41, 5.74) is 0. The predicted octanol–water partition coefficient (Wildman–Crippen LogP) is 2.78. The third-order valence-electron chi connectivity index (χ3n) is 2.36. The van der Waals surface area contributed by atoms with Crippen molar-refractivity contribution in [3.8, 4) is 0 Å². The van der Waals surface area contributed by atoms with Crippen LogP contribution in [0.4, 0.5) is 4.39 Å². The Morgan fingerprint density at radius 2 is 1.89 bits per heavy atom. The van der Waals surface area contributed by atoms with Crippen LogP contribution in [0.2, 0.25) is 0 Å². The molecule has 0 aromatic rings. The van der Waals surface area contributed by atoms with Crippen LogP contribution < -0.4 is 0 Å². The lowest BCUT2D eigenvalue weighted by atomic mass is 9.83. The fourth-order valence-electron chi connectivity index (χ4n) is 1.46. The van der Waals surface area contributed by atoms with Crippen LogP contribution >= 0.6 is 0 Å². The Bertz CT molecular complexity index is 90.6. The van der Waals surface area contributed by atoms with Crippen molar-refractivity contribution in [1.82, 2.24) is 0 Å². The lowest BCUT2D eigenvalue weighted by Crippen LogP contribution is -2.22. The van der Waals surface area contributed by atoms with Crippen molar-refractivity contribution in [2.24, 2.45) is 11.8 Å². The van der Waals surface area contributed by atoms with E-state index in [1.165, 1.54) is 6.42 Å². The van der Waals surface area contributed by atoms with E-state index in [1.807, 2.05) is 6.92 Å². The van der Waals surface area contributed by atoms with E-state index in [2.05, 4.69) is 6.92 Å². The van der Waals surface area contributed by atoms with Gasteiger partial charge in [-0.3, -0.25) is 0 Å². The molecule has 54 valence electrons. The fourth-order valence-corrected chi connectivity index (χ4v) is 1.46. The second-order valence-electron chi connectivity index (χ2n) is 3.41. The summed E-state index contributed by atoms with van der Waals surface area (Å²) < 4.78 is 12.8. The molecule has 1 aliphatic rings. The molecule has 0 N–H and O–H groups in total. The molecule has 1 saturated carbocycles. The monoisotopic (exact) mass is 130 g/mol. The van der Waals surface area contributed by atoms with Gasteiger partial charge in [-0.15, -0.1) is 0 Å². The van der Waals surface area contributed by atoms with E-state index in [1.54, 1.807) is 0 Å². The second kappa shape index (κ2) is 2.68. The summed E-state index contributed by atoms with van der Waals surface area (Å²) in [6.45, 7) is 4.15. The largest absolute Gasteiger partial charge is 0.247 e. The van der Waals surface area contributed by atoms with Crippen LogP contribution in [-0.4, -0.2) is 6.17 Å². The molecule has 3 atom stereocenters. The van der Waals surface area contributed by atoms with Gasteiger partial charge in [0.25, 0.3) is 0 Å². The molecule has 0 spiro atoms. The number of hydrogen-bond donors (Lipinski definition) is 0. The summed E-state index contributed by atoms with van der Waals surface area (Å²) in [4.78, 5) is 0. The van der Waals surface area contributed by atoms with Crippen molar-refractivity contribution in [2.75, 3.05) is 0 Å². The van der Waals surface area contributed by atoms with Crippen LogP contribution in [-0.2, 0) is 0 Å². The zero-order chi connectivity index (χ0) is 6.85. The molecule has 2 unspecified atom stereocenters. The molecule has 0 radical (unpaired) electrons. The molecular weight excluding hydrogens is 115 g/mol. The third-order valence-corrected chi connectivity index (χ3v) is 2.36. The van der Waals surface area contributed by atoms with Gasteiger partial charge in [0.2, 0.25) is 0 Å². The summed E-state index contributed by atoms with van der Waals surface area (Å²) in [5.74, 6) is 0.942. The maximum Gasteiger partial charge on any atom is 0.103 e. The van der Waals surface area contributed by atoms with E-state index in [9.17, 15) is 4.39 Å². The van der Waals surface area contributed by atoms with E-state index in [-0.39, 0.29) is 0 Å². The van der Waals surface area contributed by atoms with Crippen molar-refractivity contribution in [1.29, 1.82) is 0 Å². The van der Waals surface area contributed by atoms with Crippen molar-refractivity contribution in [2.45, 2.75) is 39.3 Å². The van der Waals surface area contributed by atoms with Gasteiger partial charge in [0.1, 0.15) is 6.17 Å². The molecule has 9 heavy (non-hydrogen) atoms. The number of rotatable bonds is 0. The van der Waals surface area contributed by atoms with Crippen LogP contribution in [0.3, 0.4) is 0 Å². The Balaban J connectivity index is 2.35. The first kappa shape index (κ1) is 7.04. The maximum atomic E-state index is 12.8. The minimum Gasteiger partial charge on any atom is -0.247 e. The molecule has 0 heterocycles. The van der Waals surface area contributed by atoms with Crippen LogP contribution in [0.5, 0.6) is 0 Å². The van der Waals surface area contributed by atoms with Gasteiger partial charge in [0, 0.05) is 0 Å². The Morgan fingerprint density at radius 1 is 1.22 bits per heavy atom. The van der Waals surface area contributed by atoms with Gasteiger partial charge in [0.15, 0.2) is 0 Å². The summed E-state index contributed by atoms with van der Waals surface area (Å²) in [6, 6.07) is 0. The molecule has 0 aromatic carbocycles. The predicted molar refractivity (Wildman–Crippen MR) is 37.1 cm³/mol. The van der Waals surface area contributed by atoms with Gasteiger partial charge < -0.3 is 0 Å². The smallest absolute Gasteiger partial charge is 0.103 e. The highest BCUT2D eigenvalue weighted by Crippen LogP contribution is 2.30. The van der Waals surface area contributed by atoms with Crippen molar-refractivity contribution < 1.29 is 4.39 Å². The van der Waals surface area contributed by atoms with Gasteiger partial charge in [0.05, 0.1) is 0 Å². The molecule has 0 bridgehead atoms. The molecule has 0 aliphatic heterocycles. The normalized spacial score (nSPS) is 45.0. The lowest BCUT2D eigenvalue weighted by Gasteiger charge is -2.26. The number of alkyl halides is 1. The van der Waals surface area contributed by atoms with Crippen LogP contribution in [0.25, 0.3) is 0 Å². The Kier molecular flexibility index (Phi) is 2.09. The molecule has 1 rings (SSSR count). The first-order chi connectivity index (χ1) is 4.20. The van der Waals surface area contributed by atoms with Crippen LogP contribution in [0.1, 0.15) is 33.1 Å². The van der Waals surface area contributed by atoms with E-state index < -0.39 is 6.17 Å². The molecule has 0 nitrogen and oxygen atoms in total. The summed E-state index contributed by atoms with van der Waals surface area (Å²) in [7, 11) is 0. The average Bonchev–Trinajstić information content (AvgIpc) is 1.80. The van der Waals surface area contributed by atoms with Gasteiger partial charge in [-0.1, -0.05) is 20.3 Å². The maximum absolute atomic E-state index is 12.8. The highest BCUT2D eigenvalue weighted by atomic mass is 19.1. The van der Waals surface area contributed by atoms with Gasteiger partial charge in [-0.25, -0.2) is 4.39 Å². The second-order valence-corrected chi connectivity index (χ2v) is 3.41. The minimum absolute atomic E-state index is 0.321. The van der Waals surface area contributed by atoms with Crippen LogP contribution in [0, 0.1) is 11.8 Å². The topological polar surface area (TPSA) is 0 Å².